The van der Waals surface area contributed by atoms with Crippen molar-refractivity contribution in [2.75, 3.05) is 7.05 Å². The zero-order valence-electron chi connectivity index (χ0n) is 11.3. The number of halogens is 2. The first-order chi connectivity index (χ1) is 9.02. The number of benzene rings is 2. The first-order valence-electron chi connectivity index (χ1n) is 6.26. The van der Waals surface area contributed by atoms with Gasteiger partial charge in [0.2, 0.25) is 0 Å². The Kier molecular flexibility index (Phi) is 4.23. The van der Waals surface area contributed by atoms with Crippen LogP contribution in [0.5, 0.6) is 0 Å². The molecule has 19 heavy (non-hydrogen) atoms. The highest BCUT2D eigenvalue weighted by Crippen LogP contribution is 2.30. The Labute approximate surface area is 118 Å². The molecule has 2 aromatic rings. The Morgan fingerprint density at radius 3 is 2.53 bits per heavy atom. The van der Waals surface area contributed by atoms with Crippen LogP contribution in [0.3, 0.4) is 0 Å². The van der Waals surface area contributed by atoms with Crippen molar-refractivity contribution in [2.24, 2.45) is 0 Å². The zero-order chi connectivity index (χ0) is 14.0. The van der Waals surface area contributed by atoms with Gasteiger partial charge in [-0.25, -0.2) is 4.39 Å². The summed E-state index contributed by atoms with van der Waals surface area (Å²) in [6.45, 7) is 3.98. The normalized spacial score (nSPS) is 12.5. The van der Waals surface area contributed by atoms with Crippen LogP contribution in [-0.2, 0) is 0 Å². The topological polar surface area (TPSA) is 12.0 Å². The van der Waals surface area contributed by atoms with Crippen LogP contribution < -0.4 is 5.32 Å². The van der Waals surface area contributed by atoms with Crippen molar-refractivity contribution in [3.8, 4) is 11.1 Å². The quantitative estimate of drug-likeness (QED) is 0.855. The molecule has 0 amide bonds. The molecule has 0 saturated heterocycles. The molecule has 1 atom stereocenters. The van der Waals surface area contributed by atoms with E-state index >= 15 is 0 Å². The minimum absolute atomic E-state index is 0.170. The second-order valence-corrected chi connectivity index (χ2v) is 5.14. The molecule has 100 valence electrons. The molecule has 0 aliphatic rings. The molecule has 1 nitrogen and oxygen atoms in total. The first-order valence-corrected chi connectivity index (χ1v) is 6.64. The lowest BCUT2D eigenvalue weighted by molar-refractivity contribution is 0.631. The fourth-order valence-electron chi connectivity index (χ4n) is 2.06. The van der Waals surface area contributed by atoms with Crippen LogP contribution in [0, 0.1) is 12.7 Å². The maximum Gasteiger partial charge on any atom is 0.131 e. The maximum atomic E-state index is 13.9. The van der Waals surface area contributed by atoms with Crippen molar-refractivity contribution in [1.82, 2.24) is 5.32 Å². The Hall–Kier alpha value is -1.38. The first kappa shape index (κ1) is 14.0. The number of nitrogens with one attached hydrogen (secondary N) is 1. The van der Waals surface area contributed by atoms with Crippen molar-refractivity contribution in [3.63, 3.8) is 0 Å². The van der Waals surface area contributed by atoms with Gasteiger partial charge in [-0.3, -0.25) is 0 Å². The number of hydrogen-bond acceptors (Lipinski definition) is 1. The summed E-state index contributed by atoms with van der Waals surface area (Å²) < 4.78 is 13.9. The Morgan fingerprint density at radius 1 is 1.16 bits per heavy atom. The molecule has 0 spiro atoms. The van der Waals surface area contributed by atoms with Crippen molar-refractivity contribution in [1.29, 1.82) is 0 Å². The largest absolute Gasteiger partial charge is 0.313 e. The van der Waals surface area contributed by atoms with Crippen LogP contribution in [0.1, 0.15) is 24.1 Å². The molecule has 0 aliphatic carbocycles. The third-order valence-corrected chi connectivity index (χ3v) is 3.66. The molecule has 1 unspecified atom stereocenters. The van der Waals surface area contributed by atoms with Gasteiger partial charge in [-0.2, -0.15) is 0 Å². The molecular formula is C16H17ClFN. The number of rotatable bonds is 3. The zero-order valence-corrected chi connectivity index (χ0v) is 12.1. The van der Waals surface area contributed by atoms with E-state index in [9.17, 15) is 4.39 Å². The number of hydrogen-bond donors (Lipinski definition) is 1. The predicted molar refractivity (Wildman–Crippen MR) is 79.1 cm³/mol. The number of aryl methyl sites for hydroxylation is 1. The highest BCUT2D eigenvalue weighted by Gasteiger charge is 2.11. The highest BCUT2D eigenvalue weighted by atomic mass is 35.5. The standard InChI is InChI=1S/C16H17ClFN/c1-10-4-7-16(18)14(8-10)12-5-6-13(11(2)19-3)15(17)9-12/h4-9,11,19H,1-3H3. The monoisotopic (exact) mass is 277 g/mol. The summed E-state index contributed by atoms with van der Waals surface area (Å²) in [5.74, 6) is -0.226. The smallest absolute Gasteiger partial charge is 0.131 e. The summed E-state index contributed by atoms with van der Waals surface area (Å²) >= 11 is 6.28. The molecule has 3 heteroatoms. The Bertz CT molecular complexity index is 595. The van der Waals surface area contributed by atoms with Crippen LogP contribution in [0.15, 0.2) is 36.4 Å². The molecule has 2 aromatic carbocycles. The van der Waals surface area contributed by atoms with Gasteiger partial charge in [0.25, 0.3) is 0 Å². The lowest BCUT2D eigenvalue weighted by atomic mass is 9.99. The lowest BCUT2D eigenvalue weighted by Crippen LogP contribution is -2.12. The second kappa shape index (κ2) is 5.72. The molecule has 0 heterocycles. The fraction of sp³-hybridized carbons (Fsp3) is 0.250. The molecule has 0 fully saturated rings. The van der Waals surface area contributed by atoms with Crippen molar-refractivity contribution in [3.05, 3.63) is 58.4 Å². The fourth-order valence-corrected chi connectivity index (χ4v) is 2.41. The van der Waals surface area contributed by atoms with Gasteiger partial charge in [-0.15, -0.1) is 0 Å². The molecule has 0 saturated carbocycles. The minimum Gasteiger partial charge on any atom is -0.313 e. The molecule has 1 N–H and O–H groups in total. The third-order valence-electron chi connectivity index (χ3n) is 3.33. The lowest BCUT2D eigenvalue weighted by Gasteiger charge is -2.14. The van der Waals surface area contributed by atoms with Gasteiger partial charge in [-0.1, -0.05) is 35.4 Å². The van der Waals surface area contributed by atoms with E-state index in [1.807, 2.05) is 45.2 Å². The average Bonchev–Trinajstić information content (AvgIpc) is 2.40. The summed E-state index contributed by atoms with van der Waals surface area (Å²) in [6, 6.07) is 10.9. The molecule has 0 bridgehead atoms. The molecule has 0 radical (unpaired) electrons. The molecular weight excluding hydrogens is 261 g/mol. The van der Waals surface area contributed by atoms with Gasteiger partial charge >= 0.3 is 0 Å². The summed E-state index contributed by atoms with van der Waals surface area (Å²) in [6.07, 6.45) is 0. The summed E-state index contributed by atoms with van der Waals surface area (Å²) in [5, 5.41) is 3.80. The van der Waals surface area contributed by atoms with Crippen LogP contribution in [-0.4, -0.2) is 7.05 Å². The van der Waals surface area contributed by atoms with E-state index in [1.165, 1.54) is 6.07 Å². The van der Waals surface area contributed by atoms with Crippen LogP contribution >= 0.6 is 11.6 Å². The van der Waals surface area contributed by atoms with Gasteiger partial charge < -0.3 is 5.32 Å². The van der Waals surface area contributed by atoms with E-state index < -0.39 is 0 Å². The average molecular weight is 278 g/mol. The third kappa shape index (κ3) is 2.96. The van der Waals surface area contributed by atoms with Gasteiger partial charge in [0.05, 0.1) is 0 Å². The highest BCUT2D eigenvalue weighted by molar-refractivity contribution is 6.31. The SMILES string of the molecule is CNC(C)c1ccc(-c2cc(C)ccc2F)cc1Cl. The minimum atomic E-state index is -0.226. The van der Waals surface area contributed by atoms with Gasteiger partial charge in [0.15, 0.2) is 0 Å². The second-order valence-electron chi connectivity index (χ2n) is 4.73. The van der Waals surface area contributed by atoms with E-state index in [4.69, 9.17) is 11.6 Å². The van der Waals surface area contributed by atoms with Gasteiger partial charge in [0.1, 0.15) is 5.82 Å². The van der Waals surface area contributed by atoms with Crippen molar-refractivity contribution in [2.45, 2.75) is 19.9 Å². The van der Waals surface area contributed by atoms with E-state index in [0.29, 0.717) is 10.6 Å². The van der Waals surface area contributed by atoms with Gasteiger partial charge in [0, 0.05) is 16.6 Å². The van der Waals surface area contributed by atoms with Crippen molar-refractivity contribution >= 4 is 11.6 Å². The Morgan fingerprint density at radius 2 is 1.89 bits per heavy atom. The van der Waals surface area contributed by atoms with E-state index in [2.05, 4.69) is 5.32 Å². The molecule has 2 rings (SSSR count). The van der Waals surface area contributed by atoms with Crippen LogP contribution in [0.25, 0.3) is 11.1 Å². The Balaban J connectivity index is 2.47. The summed E-state index contributed by atoms with van der Waals surface area (Å²) in [5.41, 5.74) is 3.44. The van der Waals surface area contributed by atoms with E-state index in [1.54, 1.807) is 6.07 Å². The molecule has 0 aliphatic heterocycles. The maximum absolute atomic E-state index is 13.9. The predicted octanol–water partition coefficient (Wildman–Crippen LogP) is 4.73. The van der Waals surface area contributed by atoms with Gasteiger partial charge in [-0.05, 0) is 50.2 Å². The molecule has 0 aromatic heterocycles. The summed E-state index contributed by atoms with van der Waals surface area (Å²) in [4.78, 5) is 0. The van der Waals surface area contributed by atoms with E-state index in [0.717, 1.165) is 16.7 Å². The van der Waals surface area contributed by atoms with Crippen molar-refractivity contribution < 1.29 is 4.39 Å². The van der Waals surface area contributed by atoms with Crippen LogP contribution in [0.4, 0.5) is 4.39 Å². The van der Waals surface area contributed by atoms with Crippen LogP contribution in [0.2, 0.25) is 5.02 Å². The van der Waals surface area contributed by atoms with E-state index in [-0.39, 0.29) is 11.9 Å². The summed E-state index contributed by atoms with van der Waals surface area (Å²) in [7, 11) is 1.88.